The van der Waals surface area contributed by atoms with Crippen molar-refractivity contribution >= 4 is 39.6 Å². The van der Waals surface area contributed by atoms with Gasteiger partial charge in [0, 0.05) is 15.9 Å². The van der Waals surface area contributed by atoms with Crippen LogP contribution in [-0.2, 0) is 20.5 Å². The molecule has 0 aliphatic carbocycles. The standard InChI is InChI=1S/C21H15BrF3NO3/c1-12-18(20(28)29-2)17(10-13-5-3-7-15(22)9-13)19(27)26(12)16-8-4-6-14(11-16)21(23,24)25/h3-11H,1-2H3/b17-10-. The molecule has 0 aromatic heterocycles. The summed E-state index contributed by atoms with van der Waals surface area (Å²) < 4.78 is 44.9. The van der Waals surface area contributed by atoms with Gasteiger partial charge >= 0.3 is 12.1 Å². The monoisotopic (exact) mass is 465 g/mol. The van der Waals surface area contributed by atoms with Crippen LogP contribution in [0, 0.1) is 0 Å². The van der Waals surface area contributed by atoms with Crippen LogP contribution in [0.1, 0.15) is 18.1 Å². The van der Waals surface area contributed by atoms with E-state index in [1.165, 1.54) is 32.2 Å². The fraction of sp³-hybridized carbons (Fsp3) is 0.143. The summed E-state index contributed by atoms with van der Waals surface area (Å²) in [6.07, 6.45) is -3.05. The van der Waals surface area contributed by atoms with Gasteiger partial charge in [-0.3, -0.25) is 9.69 Å². The number of ether oxygens (including phenoxy) is 1. The highest BCUT2D eigenvalue weighted by atomic mass is 79.9. The Kier molecular flexibility index (Phi) is 5.66. The molecule has 0 saturated heterocycles. The van der Waals surface area contributed by atoms with Gasteiger partial charge in [-0.15, -0.1) is 0 Å². The summed E-state index contributed by atoms with van der Waals surface area (Å²) in [5.74, 6) is -1.35. The second-order valence-corrected chi connectivity index (χ2v) is 7.17. The minimum absolute atomic E-state index is 0.00915. The van der Waals surface area contributed by atoms with E-state index >= 15 is 0 Å². The Hall–Kier alpha value is -2.87. The molecule has 2 aromatic carbocycles. The van der Waals surface area contributed by atoms with Crippen LogP contribution < -0.4 is 4.90 Å². The topological polar surface area (TPSA) is 46.6 Å². The molecule has 3 rings (SSSR count). The largest absolute Gasteiger partial charge is 0.465 e. The van der Waals surface area contributed by atoms with Gasteiger partial charge in [-0.25, -0.2) is 4.79 Å². The number of rotatable bonds is 3. The molecule has 0 fully saturated rings. The predicted molar refractivity (Wildman–Crippen MR) is 106 cm³/mol. The zero-order valence-corrected chi connectivity index (χ0v) is 17.0. The smallest absolute Gasteiger partial charge is 0.416 e. The minimum Gasteiger partial charge on any atom is -0.465 e. The number of anilines is 1. The molecule has 0 radical (unpaired) electrons. The van der Waals surface area contributed by atoms with Crippen LogP contribution in [0.2, 0.25) is 0 Å². The minimum atomic E-state index is -4.56. The molecule has 1 amide bonds. The zero-order valence-electron chi connectivity index (χ0n) is 15.4. The number of alkyl halides is 3. The van der Waals surface area contributed by atoms with E-state index < -0.39 is 23.6 Å². The quantitative estimate of drug-likeness (QED) is 0.453. The maximum atomic E-state index is 13.1. The van der Waals surface area contributed by atoms with Gasteiger partial charge in [-0.05, 0) is 48.9 Å². The third-order valence-electron chi connectivity index (χ3n) is 4.38. The van der Waals surface area contributed by atoms with Gasteiger partial charge in [-0.1, -0.05) is 34.1 Å². The lowest BCUT2D eigenvalue weighted by Gasteiger charge is -2.19. The van der Waals surface area contributed by atoms with Crippen molar-refractivity contribution in [2.45, 2.75) is 13.1 Å². The molecule has 1 heterocycles. The molecule has 0 unspecified atom stereocenters. The number of hydrogen-bond acceptors (Lipinski definition) is 3. The third-order valence-corrected chi connectivity index (χ3v) is 4.87. The lowest BCUT2D eigenvalue weighted by atomic mass is 10.0. The summed E-state index contributed by atoms with van der Waals surface area (Å²) in [6, 6.07) is 11.4. The number of esters is 1. The molecule has 0 saturated carbocycles. The highest BCUT2D eigenvalue weighted by Gasteiger charge is 2.39. The number of carbonyl (C=O) groups is 2. The lowest BCUT2D eigenvalue weighted by molar-refractivity contribution is -0.137. The molecule has 0 N–H and O–H groups in total. The van der Waals surface area contributed by atoms with E-state index in [0.29, 0.717) is 5.56 Å². The van der Waals surface area contributed by atoms with Crippen molar-refractivity contribution in [3.8, 4) is 0 Å². The van der Waals surface area contributed by atoms with Gasteiger partial charge in [0.05, 0.1) is 23.8 Å². The SMILES string of the molecule is COC(=O)C1=C(C)N(c2cccc(C(F)(F)F)c2)C(=O)/C1=C\c1cccc(Br)c1. The number of amides is 1. The van der Waals surface area contributed by atoms with E-state index in [9.17, 15) is 22.8 Å². The van der Waals surface area contributed by atoms with E-state index in [0.717, 1.165) is 21.5 Å². The summed E-state index contributed by atoms with van der Waals surface area (Å²) >= 11 is 3.34. The third kappa shape index (κ3) is 4.12. The summed E-state index contributed by atoms with van der Waals surface area (Å²) in [4.78, 5) is 26.6. The normalized spacial score (nSPS) is 16.0. The maximum absolute atomic E-state index is 13.1. The number of allylic oxidation sites excluding steroid dienone is 1. The molecular formula is C21H15BrF3NO3. The van der Waals surface area contributed by atoms with E-state index in [-0.39, 0.29) is 22.5 Å². The Morgan fingerprint density at radius 2 is 1.83 bits per heavy atom. The first-order valence-electron chi connectivity index (χ1n) is 8.42. The van der Waals surface area contributed by atoms with Crippen LogP contribution in [0.3, 0.4) is 0 Å². The molecule has 0 bridgehead atoms. The van der Waals surface area contributed by atoms with Gasteiger partial charge in [0.15, 0.2) is 0 Å². The van der Waals surface area contributed by atoms with Gasteiger partial charge < -0.3 is 4.74 Å². The molecule has 29 heavy (non-hydrogen) atoms. The highest BCUT2D eigenvalue weighted by molar-refractivity contribution is 9.10. The van der Waals surface area contributed by atoms with E-state index in [4.69, 9.17) is 4.74 Å². The van der Waals surface area contributed by atoms with Crippen molar-refractivity contribution in [2.75, 3.05) is 12.0 Å². The molecule has 2 aromatic rings. The first kappa shape index (κ1) is 20.9. The van der Waals surface area contributed by atoms with Gasteiger partial charge in [0.25, 0.3) is 5.91 Å². The predicted octanol–water partition coefficient (Wildman–Crippen LogP) is 5.35. The van der Waals surface area contributed by atoms with Crippen LogP contribution in [0.4, 0.5) is 18.9 Å². The molecular weight excluding hydrogens is 451 g/mol. The fourth-order valence-corrected chi connectivity index (χ4v) is 3.49. The summed E-state index contributed by atoms with van der Waals surface area (Å²) in [7, 11) is 1.18. The van der Waals surface area contributed by atoms with Crippen LogP contribution in [0.5, 0.6) is 0 Å². The molecule has 4 nitrogen and oxygen atoms in total. The van der Waals surface area contributed by atoms with Crippen molar-refractivity contribution in [2.24, 2.45) is 0 Å². The number of methoxy groups -OCH3 is 1. The summed E-state index contributed by atoms with van der Waals surface area (Å²) in [6.45, 7) is 1.49. The van der Waals surface area contributed by atoms with Crippen LogP contribution >= 0.6 is 15.9 Å². The first-order chi connectivity index (χ1) is 13.6. The number of carbonyl (C=O) groups excluding carboxylic acids is 2. The van der Waals surface area contributed by atoms with Crippen LogP contribution in [-0.4, -0.2) is 19.0 Å². The molecule has 1 aliphatic rings. The Morgan fingerprint density at radius 1 is 1.14 bits per heavy atom. The number of halogens is 4. The zero-order chi connectivity index (χ0) is 21.3. The molecule has 0 spiro atoms. The van der Waals surface area contributed by atoms with Crippen molar-refractivity contribution in [3.63, 3.8) is 0 Å². The Labute approximate surface area is 173 Å². The molecule has 8 heteroatoms. The van der Waals surface area contributed by atoms with Gasteiger partial charge in [0.2, 0.25) is 0 Å². The van der Waals surface area contributed by atoms with E-state index in [1.54, 1.807) is 24.3 Å². The molecule has 150 valence electrons. The second kappa shape index (κ2) is 7.87. The Balaban J connectivity index is 2.15. The van der Waals surface area contributed by atoms with Gasteiger partial charge in [0.1, 0.15) is 0 Å². The Morgan fingerprint density at radius 3 is 2.45 bits per heavy atom. The summed E-state index contributed by atoms with van der Waals surface area (Å²) in [5, 5.41) is 0. The average Bonchev–Trinajstić information content (AvgIpc) is 2.90. The van der Waals surface area contributed by atoms with Crippen molar-refractivity contribution in [3.05, 3.63) is 81.0 Å². The summed E-state index contributed by atoms with van der Waals surface area (Å²) in [5.41, 5.74) is 0.0194. The molecule has 1 aliphatic heterocycles. The lowest BCUT2D eigenvalue weighted by Crippen LogP contribution is -2.24. The van der Waals surface area contributed by atoms with E-state index in [2.05, 4.69) is 15.9 Å². The fourth-order valence-electron chi connectivity index (χ4n) is 3.08. The van der Waals surface area contributed by atoms with Gasteiger partial charge in [-0.2, -0.15) is 13.2 Å². The Bertz CT molecular complexity index is 1060. The number of nitrogens with zero attached hydrogens (tertiary/aromatic N) is 1. The van der Waals surface area contributed by atoms with Crippen molar-refractivity contribution in [1.29, 1.82) is 0 Å². The maximum Gasteiger partial charge on any atom is 0.416 e. The van der Waals surface area contributed by atoms with E-state index in [1.807, 2.05) is 0 Å². The van der Waals surface area contributed by atoms with Crippen molar-refractivity contribution < 1.29 is 27.5 Å². The molecule has 0 atom stereocenters. The van der Waals surface area contributed by atoms with Crippen LogP contribution in [0.15, 0.2) is 69.8 Å². The van der Waals surface area contributed by atoms with Crippen molar-refractivity contribution in [1.82, 2.24) is 0 Å². The van der Waals surface area contributed by atoms with Crippen LogP contribution in [0.25, 0.3) is 6.08 Å². The second-order valence-electron chi connectivity index (χ2n) is 6.25. The number of benzene rings is 2. The highest BCUT2D eigenvalue weighted by Crippen LogP contribution is 2.38. The first-order valence-corrected chi connectivity index (χ1v) is 9.21. The number of hydrogen-bond donors (Lipinski definition) is 0. The average molecular weight is 466 g/mol.